The molecule has 0 atom stereocenters. The van der Waals surface area contributed by atoms with Crippen LogP contribution in [0.25, 0.3) is 11.1 Å². The molecule has 0 heterocycles. The number of carbonyl (C=O) groups is 1. The zero-order chi connectivity index (χ0) is 21.1. The van der Waals surface area contributed by atoms with Gasteiger partial charge in [-0.25, -0.2) is 13.1 Å². The third-order valence-corrected chi connectivity index (χ3v) is 6.49. The summed E-state index contributed by atoms with van der Waals surface area (Å²) in [4.78, 5) is 12.7. The molecule has 0 bridgehead atoms. The summed E-state index contributed by atoms with van der Waals surface area (Å²) < 4.78 is 26.7. The molecule has 4 rings (SSSR count). The van der Waals surface area contributed by atoms with Gasteiger partial charge in [-0.05, 0) is 65.1 Å². The van der Waals surface area contributed by atoms with E-state index in [4.69, 9.17) is 5.26 Å². The first-order valence-corrected chi connectivity index (χ1v) is 11.0. The summed E-state index contributed by atoms with van der Waals surface area (Å²) in [6.07, 6.45) is 0.975. The third-order valence-electron chi connectivity index (χ3n) is 5.01. The van der Waals surface area contributed by atoms with Gasteiger partial charge in [-0.15, -0.1) is 0 Å². The van der Waals surface area contributed by atoms with Gasteiger partial charge < -0.3 is 5.32 Å². The van der Waals surface area contributed by atoms with E-state index in [1.54, 1.807) is 0 Å². The molecule has 1 aliphatic carbocycles. The van der Waals surface area contributed by atoms with Crippen molar-refractivity contribution in [3.63, 3.8) is 0 Å². The van der Waals surface area contributed by atoms with Crippen LogP contribution in [0.5, 0.6) is 0 Å². The van der Waals surface area contributed by atoms with Crippen molar-refractivity contribution in [2.24, 2.45) is 0 Å². The van der Waals surface area contributed by atoms with E-state index in [2.05, 4.69) is 22.2 Å². The predicted octanol–water partition coefficient (Wildman–Crippen LogP) is 3.70. The minimum atomic E-state index is -3.70. The first kappa shape index (κ1) is 19.8. The van der Waals surface area contributed by atoms with E-state index in [1.165, 1.54) is 41.0 Å². The lowest BCUT2D eigenvalue weighted by Gasteiger charge is -2.09. The fraction of sp³-hybridized carbons (Fsp3) is 0.130. The first-order chi connectivity index (χ1) is 14.5. The maximum atomic E-state index is 12.6. The monoisotopic (exact) mass is 417 g/mol. The van der Waals surface area contributed by atoms with E-state index in [-0.39, 0.29) is 23.8 Å². The molecular formula is C23H19N3O3S. The highest BCUT2D eigenvalue weighted by atomic mass is 32.2. The third kappa shape index (κ3) is 3.96. The number of sulfonamides is 1. The Morgan fingerprint density at radius 1 is 0.967 bits per heavy atom. The van der Waals surface area contributed by atoms with Crippen LogP contribution >= 0.6 is 0 Å². The molecule has 0 spiro atoms. The van der Waals surface area contributed by atoms with Gasteiger partial charge in [0.1, 0.15) is 0 Å². The lowest BCUT2D eigenvalue weighted by Crippen LogP contribution is -2.24. The average molecular weight is 417 g/mol. The molecule has 0 fully saturated rings. The minimum absolute atomic E-state index is 0.0442. The summed E-state index contributed by atoms with van der Waals surface area (Å²) in [5.41, 5.74) is 5.84. The largest absolute Gasteiger partial charge is 0.322 e. The maximum absolute atomic E-state index is 12.6. The van der Waals surface area contributed by atoms with Gasteiger partial charge in [-0.1, -0.05) is 30.3 Å². The Morgan fingerprint density at radius 3 is 2.47 bits per heavy atom. The van der Waals surface area contributed by atoms with Crippen molar-refractivity contribution >= 4 is 21.6 Å². The van der Waals surface area contributed by atoms with Crippen LogP contribution in [-0.2, 0) is 16.4 Å². The summed E-state index contributed by atoms with van der Waals surface area (Å²) >= 11 is 0. The first-order valence-electron chi connectivity index (χ1n) is 9.47. The Kier molecular flexibility index (Phi) is 5.36. The number of rotatable bonds is 6. The predicted molar refractivity (Wildman–Crippen MR) is 114 cm³/mol. The number of carbonyl (C=O) groups excluding carboxylic acids is 1. The Balaban J connectivity index is 1.49. The Morgan fingerprint density at radius 2 is 1.70 bits per heavy atom. The Hall–Kier alpha value is -3.47. The number of nitriles is 1. The molecule has 2 N–H and O–H groups in total. The number of nitrogens with one attached hydrogen (secondary N) is 2. The second-order valence-electron chi connectivity index (χ2n) is 6.99. The van der Waals surface area contributed by atoms with Crippen molar-refractivity contribution in [3.8, 4) is 17.2 Å². The lowest BCUT2D eigenvalue weighted by atomic mass is 10.1. The Bertz CT molecular complexity index is 1260. The van der Waals surface area contributed by atoms with Crippen molar-refractivity contribution < 1.29 is 13.2 Å². The summed E-state index contributed by atoms with van der Waals surface area (Å²) in [7, 11) is -3.70. The van der Waals surface area contributed by atoms with Crippen molar-refractivity contribution in [2.45, 2.75) is 17.7 Å². The number of anilines is 1. The molecule has 1 amide bonds. The number of benzene rings is 3. The zero-order valence-electron chi connectivity index (χ0n) is 16.1. The molecule has 0 aliphatic heterocycles. The van der Waals surface area contributed by atoms with E-state index >= 15 is 0 Å². The molecule has 0 saturated carbocycles. The lowest BCUT2D eigenvalue weighted by molar-refractivity contribution is 0.102. The van der Waals surface area contributed by atoms with Gasteiger partial charge >= 0.3 is 0 Å². The average Bonchev–Trinajstić information content (AvgIpc) is 3.12. The van der Waals surface area contributed by atoms with Gasteiger partial charge in [-0.2, -0.15) is 5.26 Å². The van der Waals surface area contributed by atoms with Crippen LogP contribution in [0.3, 0.4) is 0 Å². The number of amides is 1. The molecule has 6 nitrogen and oxygen atoms in total. The molecular weight excluding hydrogens is 398 g/mol. The van der Waals surface area contributed by atoms with Crippen LogP contribution in [-0.4, -0.2) is 20.9 Å². The quantitative estimate of drug-likeness (QED) is 0.467. The number of hydrogen-bond donors (Lipinski definition) is 2. The second kappa shape index (κ2) is 8.11. The van der Waals surface area contributed by atoms with E-state index in [0.717, 1.165) is 12.0 Å². The molecule has 3 aromatic carbocycles. The van der Waals surface area contributed by atoms with Crippen LogP contribution in [0.4, 0.5) is 5.69 Å². The van der Waals surface area contributed by atoms with Gasteiger partial charge in [-0.3, -0.25) is 4.79 Å². The summed E-state index contributed by atoms with van der Waals surface area (Å²) in [5, 5.41) is 11.4. The normalized spacial score (nSPS) is 12.0. The molecule has 1 aliphatic rings. The standard InChI is InChI=1S/C23H19N3O3S/c24-12-3-13-25-30(28,29)20-10-7-16(8-11-20)23(27)26-19-9-6-18-14-17-4-1-2-5-21(17)22(18)15-19/h1-2,4-11,15,25H,3,13-14H2,(H,26,27). The molecule has 0 unspecified atom stereocenters. The van der Waals surface area contributed by atoms with Crippen LogP contribution < -0.4 is 10.0 Å². The molecule has 30 heavy (non-hydrogen) atoms. The second-order valence-corrected chi connectivity index (χ2v) is 8.76. The molecule has 0 aromatic heterocycles. The number of nitrogens with zero attached hydrogens (tertiary/aromatic N) is 1. The van der Waals surface area contributed by atoms with Crippen molar-refractivity contribution in [1.29, 1.82) is 5.26 Å². The molecule has 150 valence electrons. The van der Waals surface area contributed by atoms with Gasteiger partial charge in [0, 0.05) is 24.2 Å². The van der Waals surface area contributed by atoms with Crippen LogP contribution in [0.15, 0.2) is 71.6 Å². The summed E-state index contributed by atoms with van der Waals surface area (Å²) in [5.74, 6) is -0.317. The zero-order valence-corrected chi connectivity index (χ0v) is 16.9. The van der Waals surface area contributed by atoms with Crippen molar-refractivity contribution in [3.05, 3.63) is 83.4 Å². The maximum Gasteiger partial charge on any atom is 0.255 e. The van der Waals surface area contributed by atoms with Crippen molar-refractivity contribution in [1.82, 2.24) is 4.72 Å². The molecule has 7 heteroatoms. The SMILES string of the molecule is N#CCCNS(=O)(=O)c1ccc(C(=O)Nc2ccc3c(c2)-c2ccccc2C3)cc1. The minimum Gasteiger partial charge on any atom is -0.322 e. The van der Waals surface area contributed by atoms with Gasteiger partial charge in [0.15, 0.2) is 0 Å². The van der Waals surface area contributed by atoms with Crippen LogP contribution in [0, 0.1) is 11.3 Å². The molecule has 0 radical (unpaired) electrons. The number of hydrogen-bond acceptors (Lipinski definition) is 4. The Labute approximate surface area is 175 Å². The topological polar surface area (TPSA) is 99.1 Å². The van der Waals surface area contributed by atoms with Gasteiger partial charge in [0.2, 0.25) is 10.0 Å². The summed E-state index contributed by atoms with van der Waals surface area (Å²) in [6.45, 7) is 0.0442. The van der Waals surface area contributed by atoms with E-state index < -0.39 is 10.0 Å². The van der Waals surface area contributed by atoms with E-state index in [1.807, 2.05) is 36.4 Å². The highest BCUT2D eigenvalue weighted by molar-refractivity contribution is 7.89. The highest BCUT2D eigenvalue weighted by Gasteiger charge is 2.19. The molecule has 0 saturated heterocycles. The fourth-order valence-corrected chi connectivity index (χ4v) is 4.55. The summed E-state index contributed by atoms with van der Waals surface area (Å²) in [6, 6.07) is 21.7. The van der Waals surface area contributed by atoms with E-state index in [9.17, 15) is 13.2 Å². The van der Waals surface area contributed by atoms with E-state index in [0.29, 0.717) is 11.3 Å². The van der Waals surface area contributed by atoms with Crippen LogP contribution in [0.2, 0.25) is 0 Å². The molecule has 3 aromatic rings. The van der Waals surface area contributed by atoms with Gasteiger partial charge in [0.05, 0.1) is 11.0 Å². The van der Waals surface area contributed by atoms with Crippen LogP contribution in [0.1, 0.15) is 27.9 Å². The van der Waals surface area contributed by atoms with Crippen molar-refractivity contribution in [2.75, 3.05) is 11.9 Å². The van der Waals surface area contributed by atoms with Gasteiger partial charge in [0.25, 0.3) is 5.91 Å². The smallest absolute Gasteiger partial charge is 0.255 e. The fourth-order valence-electron chi connectivity index (χ4n) is 3.51. The number of fused-ring (bicyclic) bond motifs is 3. The highest BCUT2D eigenvalue weighted by Crippen LogP contribution is 2.37.